The molecule has 5 rings (SSSR count). The lowest BCUT2D eigenvalue weighted by molar-refractivity contribution is 0.0343. The number of aromatic amines is 1. The van der Waals surface area contributed by atoms with Crippen LogP contribution in [0, 0.1) is 17.0 Å². The quantitative estimate of drug-likeness (QED) is 0.183. The predicted octanol–water partition coefficient (Wildman–Crippen LogP) is 5.92. The highest BCUT2D eigenvalue weighted by Gasteiger charge is 2.33. The second-order valence-electron chi connectivity index (χ2n) is 13.2. The summed E-state index contributed by atoms with van der Waals surface area (Å²) in [5.41, 5.74) is 3.07. The molecule has 2 heterocycles. The number of carbonyl (C=O) groups is 1. The summed E-state index contributed by atoms with van der Waals surface area (Å²) >= 11 is 0. The average Bonchev–Trinajstić information content (AvgIpc) is 3.41. The van der Waals surface area contributed by atoms with Crippen molar-refractivity contribution in [1.29, 1.82) is 0 Å². The van der Waals surface area contributed by atoms with Crippen molar-refractivity contribution >= 4 is 29.8 Å². The molecule has 0 radical (unpaired) electrons. The van der Waals surface area contributed by atoms with Gasteiger partial charge in [-0.05, 0) is 28.2 Å². The van der Waals surface area contributed by atoms with E-state index in [4.69, 9.17) is 9.31 Å². The van der Waals surface area contributed by atoms with Gasteiger partial charge in [-0.15, -0.1) is 0 Å². The fourth-order valence-electron chi connectivity index (χ4n) is 4.85. The van der Waals surface area contributed by atoms with E-state index >= 15 is 0 Å². The Morgan fingerprint density at radius 1 is 0.907 bits per heavy atom. The van der Waals surface area contributed by atoms with Crippen molar-refractivity contribution in [3.63, 3.8) is 0 Å². The number of aliphatic hydroxyl groups excluding tert-OH is 2. The molecule has 0 bridgehead atoms. The van der Waals surface area contributed by atoms with Crippen LogP contribution in [-0.4, -0.2) is 55.0 Å². The number of aromatic nitrogens is 1. The van der Waals surface area contributed by atoms with Gasteiger partial charge in [0.1, 0.15) is 11.6 Å². The molecule has 1 aliphatic heterocycles. The van der Waals surface area contributed by atoms with E-state index in [0.717, 1.165) is 16.6 Å². The van der Waals surface area contributed by atoms with Gasteiger partial charge in [0, 0.05) is 46.6 Å². The van der Waals surface area contributed by atoms with Gasteiger partial charge < -0.3 is 24.5 Å². The van der Waals surface area contributed by atoms with E-state index in [1.165, 1.54) is 12.3 Å². The summed E-state index contributed by atoms with van der Waals surface area (Å²) in [7, 11) is -0.265. The largest absolute Gasteiger partial charge is 0.493 e. The SMILES string of the molecule is CC(C)(CO)c1ccc(-c2c(F)cc3[nH]cc(C=O)c3c2F)cc1.CC1(C)COB(c2ccc(C(C)(C)CO)cc2)OC1. The van der Waals surface area contributed by atoms with Crippen LogP contribution in [0.25, 0.3) is 22.0 Å². The Kier molecular flexibility index (Phi) is 9.61. The maximum absolute atomic E-state index is 14.8. The summed E-state index contributed by atoms with van der Waals surface area (Å²) in [6.45, 7) is 13.6. The van der Waals surface area contributed by atoms with E-state index in [9.17, 15) is 23.8 Å². The molecular formula is C34H40BF2NO5. The van der Waals surface area contributed by atoms with Crippen molar-refractivity contribution in [3.05, 3.63) is 89.1 Å². The summed E-state index contributed by atoms with van der Waals surface area (Å²) < 4.78 is 40.7. The van der Waals surface area contributed by atoms with Crippen LogP contribution >= 0.6 is 0 Å². The zero-order chi connectivity index (χ0) is 31.6. The molecule has 9 heteroatoms. The number of hydrogen-bond donors (Lipinski definition) is 3. The summed E-state index contributed by atoms with van der Waals surface area (Å²) in [4.78, 5) is 13.7. The molecule has 43 heavy (non-hydrogen) atoms. The maximum Gasteiger partial charge on any atom is 0.493 e. The Morgan fingerprint density at radius 3 is 1.91 bits per heavy atom. The zero-order valence-corrected chi connectivity index (χ0v) is 25.6. The molecule has 1 fully saturated rings. The number of carbonyl (C=O) groups excluding carboxylic acids is 1. The summed E-state index contributed by atoms with van der Waals surface area (Å²) in [6, 6.07) is 16.0. The molecule has 228 valence electrons. The van der Waals surface area contributed by atoms with Crippen LogP contribution < -0.4 is 5.46 Å². The molecule has 1 aliphatic rings. The third-order valence-corrected chi connectivity index (χ3v) is 7.98. The highest BCUT2D eigenvalue weighted by Crippen LogP contribution is 2.34. The van der Waals surface area contributed by atoms with Crippen molar-refractivity contribution < 1.29 is 33.1 Å². The van der Waals surface area contributed by atoms with Crippen LogP contribution in [0.4, 0.5) is 8.78 Å². The van der Waals surface area contributed by atoms with Crippen LogP contribution in [0.2, 0.25) is 0 Å². The highest BCUT2D eigenvalue weighted by atomic mass is 19.1. The second kappa shape index (κ2) is 12.7. The molecular weight excluding hydrogens is 551 g/mol. The first-order chi connectivity index (χ1) is 20.2. The number of rotatable bonds is 7. The molecule has 0 saturated carbocycles. The van der Waals surface area contributed by atoms with Gasteiger partial charge in [-0.2, -0.15) is 0 Å². The van der Waals surface area contributed by atoms with Gasteiger partial charge >= 0.3 is 7.12 Å². The van der Waals surface area contributed by atoms with Crippen molar-refractivity contribution in [2.75, 3.05) is 26.4 Å². The molecule has 0 atom stereocenters. The Bertz CT molecular complexity index is 1550. The number of hydrogen-bond acceptors (Lipinski definition) is 5. The molecule has 1 aromatic heterocycles. The van der Waals surface area contributed by atoms with Gasteiger partial charge in [0.15, 0.2) is 6.29 Å². The lowest BCUT2D eigenvalue weighted by Crippen LogP contribution is -2.47. The molecule has 4 aromatic rings. The first kappa shape index (κ1) is 32.5. The summed E-state index contributed by atoms with van der Waals surface area (Å²) in [5.74, 6) is -1.46. The molecule has 1 saturated heterocycles. The van der Waals surface area contributed by atoms with Gasteiger partial charge in [-0.25, -0.2) is 8.78 Å². The predicted molar refractivity (Wildman–Crippen MR) is 167 cm³/mol. The van der Waals surface area contributed by atoms with E-state index < -0.39 is 17.0 Å². The monoisotopic (exact) mass is 591 g/mol. The van der Waals surface area contributed by atoms with E-state index in [1.807, 2.05) is 52.0 Å². The molecule has 3 N–H and O–H groups in total. The average molecular weight is 592 g/mol. The highest BCUT2D eigenvalue weighted by molar-refractivity contribution is 6.61. The number of H-pyrrole nitrogens is 1. The standard InChI is InChI=1S/C19H17F2NO2.C15H23BO3/c1-19(2,10-24)13-5-3-11(4-6-13)16-14(20)7-15-17(18(16)21)12(9-23)8-22-15;1-14(2)10-18-16(19-11-14)13-7-5-12(6-8-13)15(3,4)9-17/h3-9,22,24H,10H2,1-2H3;5-8,17H,9-11H2,1-4H3. The van der Waals surface area contributed by atoms with Gasteiger partial charge in [0.25, 0.3) is 0 Å². The van der Waals surface area contributed by atoms with Crippen LogP contribution in [0.5, 0.6) is 0 Å². The fourth-order valence-corrected chi connectivity index (χ4v) is 4.85. The van der Waals surface area contributed by atoms with E-state index in [1.54, 1.807) is 24.3 Å². The minimum absolute atomic E-state index is 0.0346. The number of aldehydes is 1. The molecule has 0 unspecified atom stereocenters. The fraction of sp³-hybridized carbons (Fsp3) is 0.382. The van der Waals surface area contributed by atoms with E-state index in [-0.39, 0.29) is 53.2 Å². The number of benzene rings is 3. The van der Waals surface area contributed by atoms with Crippen molar-refractivity contribution in [2.24, 2.45) is 5.41 Å². The van der Waals surface area contributed by atoms with Crippen LogP contribution in [-0.2, 0) is 20.1 Å². The maximum atomic E-state index is 14.8. The van der Waals surface area contributed by atoms with Crippen molar-refractivity contribution in [3.8, 4) is 11.1 Å². The van der Waals surface area contributed by atoms with Crippen LogP contribution in [0.15, 0.2) is 60.8 Å². The van der Waals surface area contributed by atoms with Gasteiger partial charge in [0.05, 0.1) is 24.3 Å². The first-order valence-corrected chi connectivity index (χ1v) is 14.3. The zero-order valence-electron chi connectivity index (χ0n) is 25.6. The molecule has 0 spiro atoms. The van der Waals surface area contributed by atoms with Gasteiger partial charge in [-0.3, -0.25) is 4.79 Å². The molecule has 3 aromatic carbocycles. The molecule has 6 nitrogen and oxygen atoms in total. The normalized spacial score (nSPS) is 15.3. The third-order valence-electron chi connectivity index (χ3n) is 7.98. The summed E-state index contributed by atoms with van der Waals surface area (Å²) in [5, 5.41) is 18.9. The Labute approximate surface area is 252 Å². The lowest BCUT2D eigenvalue weighted by atomic mass is 9.74. The molecule has 0 aliphatic carbocycles. The third kappa shape index (κ3) is 7.07. The van der Waals surface area contributed by atoms with Crippen LogP contribution in [0.3, 0.4) is 0 Å². The number of halogens is 2. The molecule has 0 amide bonds. The Morgan fingerprint density at radius 2 is 1.42 bits per heavy atom. The van der Waals surface area contributed by atoms with Gasteiger partial charge in [-0.1, -0.05) is 90.1 Å². The Hall–Kier alpha value is -3.37. The minimum Gasteiger partial charge on any atom is -0.407 e. The van der Waals surface area contributed by atoms with E-state index in [0.29, 0.717) is 25.1 Å². The smallest absolute Gasteiger partial charge is 0.407 e. The minimum atomic E-state index is -0.762. The topological polar surface area (TPSA) is 91.8 Å². The Balaban J connectivity index is 0.000000203. The first-order valence-electron chi connectivity index (χ1n) is 14.3. The number of nitrogens with one attached hydrogen (secondary N) is 1. The van der Waals surface area contributed by atoms with Crippen LogP contribution in [0.1, 0.15) is 63.0 Å². The van der Waals surface area contributed by atoms with Gasteiger partial charge in [0.2, 0.25) is 0 Å². The van der Waals surface area contributed by atoms with E-state index in [2.05, 4.69) is 18.8 Å². The van der Waals surface area contributed by atoms with Crippen molar-refractivity contribution in [1.82, 2.24) is 4.98 Å². The van der Waals surface area contributed by atoms with Crippen molar-refractivity contribution in [2.45, 2.75) is 52.4 Å². The number of aliphatic hydroxyl groups is 2. The second-order valence-corrected chi connectivity index (χ2v) is 13.2. The summed E-state index contributed by atoms with van der Waals surface area (Å²) in [6.07, 6.45) is 1.90. The number of fused-ring (bicyclic) bond motifs is 1. The lowest BCUT2D eigenvalue weighted by Gasteiger charge is -2.33.